The van der Waals surface area contributed by atoms with Crippen LogP contribution in [0.15, 0.2) is 23.6 Å². The van der Waals surface area contributed by atoms with Crippen molar-refractivity contribution in [2.75, 3.05) is 5.73 Å². The van der Waals surface area contributed by atoms with E-state index < -0.39 is 0 Å². The summed E-state index contributed by atoms with van der Waals surface area (Å²) in [6.45, 7) is 0. The van der Waals surface area contributed by atoms with Gasteiger partial charge in [0.2, 0.25) is 0 Å². The molecule has 0 unspecified atom stereocenters. The summed E-state index contributed by atoms with van der Waals surface area (Å²) in [5, 5.41) is 11.8. The van der Waals surface area contributed by atoms with E-state index in [0.29, 0.717) is 5.69 Å². The molecule has 0 aliphatic rings. The molecule has 2 rings (SSSR count). The lowest BCUT2D eigenvalue weighted by Gasteiger charge is -1.94. The summed E-state index contributed by atoms with van der Waals surface area (Å²) in [5.41, 5.74) is 6.29. The molecule has 0 spiro atoms. The molecule has 0 saturated carbocycles. The van der Waals surface area contributed by atoms with Crippen LogP contribution in [-0.2, 0) is 0 Å². The van der Waals surface area contributed by atoms with Crippen LogP contribution in [0.1, 0.15) is 0 Å². The van der Waals surface area contributed by atoms with Gasteiger partial charge in [0.05, 0.1) is 5.39 Å². The number of thiophene rings is 1. The molecule has 56 valence electrons. The van der Waals surface area contributed by atoms with E-state index in [2.05, 4.69) is 0 Å². The van der Waals surface area contributed by atoms with Gasteiger partial charge >= 0.3 is 0 Å². The molecule has 0 radical (unpaired) electrons. The van der Waals surface area contributed by atoms with Crippen LogP contribution in [0.25, 0.3) is 10.1 Å². The van der Waals surface area contributed by atoms with Gasteiger partial charge in [-0.3, -0.25) is 0 Å². The molecule has 2 aromatic rings. The molecule has 3 heteroatoms. The lowest BCUT2D eigenvalue weighted by molar-refractivity contribution is 0.484. The summed E-state index contributed by atoms with van der Waals surface area (Å²) in [4.78, 5) is 0. The second kappa shape index (κ2) is 2.13. The molecular formula is C8H7NOS. The van der Waals surface area contributed by atoms with Gasteiger partial charge in [-0.15, -0.1) is 11.3 Å². The van der Waals surface area contributed by atoms with Gasteiger partial charge < -0.3 is 10.8 Å². The fraction of sp³-hybridized carbons (Fsp3) is 0. The number of hydrogen-bond donors (Lipinski definition) is 2. The molecule has 11 heavy (non-hydrogen) atoms. The highest BCUT2D eigenvalue weighted by atomic mass is 32.1. The molecule has 0 bridgehead atoms. The van der Waals surface area contributed by atoms with E-state index in [1.807, 2.05) is 12.1 Å². The topological polar surface area (TPSA) is 46.2 Å². The Morgan fingerprint density at radius 3 is 2.91 bits per heavy atom. The maximum atomic E-state index is 9.32. The Morgan fingerprint density at radius 1 is 1.36 bits per heavy atom. The number of nitrogens with two attached hydrogens (primary N) is 1. The summed E-state index contributed by atoms with van der Waals surface area (Å²) in [6, 6.07) is 5.61. The number of nitrogen functional groups attached to an aromatic ring is 1. The molecule has 1 aromatic heterocycles. The Hall–Kier alpha value is -1.22. The molecule has 0 saturated heterocycles. The first kappa shape index (κ1) is 6.49. The summed E-state index contributed by atoms with van der Waals surface area (Å²) >= 11 is 1.50. The minimum Gasteiger partial charge on any atom is -0.506 e. The molecule has 1 aromatic carbocycles. The number of fused-ring (bicyclic) bond motifs is 1. The maximum Gasteiger partial charge on any atom is 0.136 e. The Labute approximate surface area is 67.9 Å². The fourth-order valence-electron chi connectivity index (χ4n) is 1.10. The second-order valence-corrected chi connectivity index (χ2v) is 3.25. The summed E-state index contributed by atoms with van der Waals surface area (Å²) in [7, 11) is 0. The molecule has 0 fully saturated rings. The van der Waals surface area contributed by atoms with Crippen molar-refractivity contribution in [2.45, 2.75) is 0 Å². The highest BCUT2D eigenvalue weighted by Crippen LogP contribution is 2.34. The summed E-state index contributed by atoms with van der Waals surface area (Å²) in [5.74, 6) is 0.281. The molecule has 1 heterocycles. The third-order valence-corrected chi connectivity index (χ3v) is 2.55. The van der Waals surface area contributed by atoms with E-state index in [1.54, 1.807) is 11.4 Å². The number of aromatic hydroxyl groups is 1. The zero-order valence-corrected chi connectivity index (χ0v) is 6.56. The number of anilines is 1. The average molecular weight is 165 g/mol. The lowest BCUT2D eigenvalue weighted by Crippen LogP contribution is -1.82. The zero-order chi connectivity index (χ0) is 7.84. The smallest absolute Gasteiger partial charge is 0.136 e. The van der Waals surface area contributed by atoms with Crippen LogP contribution in [0.2, 0.25) is 0 Å². The fourth-order valence-corrected chi connectivity index (χ4v) is 1.95. The Morgan fingerprint density at radius 2 is 2.18 bits per heavy atom. The van der Waals surface area contributed by atoms with Crippen molar-refractivity contribution in [3.63, 3.8) is 0 Å². The van der Waals surface area contributed by atoms with Gasteiger partial charge in [-0.1, -0.05) is 6.07 Å². The van der Waals surface area contributed by atoms with Crippen LogP contribution in [0, 0.1) is 0 Å². The normalized spacial score (nSPS) is 10.5. The Kier molecular flexibility index (Phi) is 1.26. The number of benzene rings is 1. The molecule has 3 N–H and O–H groups in total. The van der Waals surface area contributed by atoms with Crippen LogP contribution in [0.3, 0.4) is 0 Å². The molecule has 0 aliphatic carbocycles. The first-order chi connectivity index (χ1) is 5.29. The minimum absolute atomic E-state index is 0.281. The van der Waals surface area contributed by atoms with Crippen LogP contribution in [0.4, 0.5) is 5.69 Å². The van der Waals surface area contributed by atoms with Crippen molar-refractivity contribution >= 4 is 27.1 Å². The van der Waals surface area contributed by atoms with Gasteiger partial charge in [-0.25, -0.2) is 0 Å². The lowest BCUT2D eigenvalue weighted by atomic mass is 10.2. The quantitative estimate of drug-likeness (QED) is 0.588. The summed E-state index contributed by atoms with van der Waals surface area (Å²) in [6.07, 6.45) is 0. The Bertz CT molecular complexity index is 394. The predicted molar refractivity (Wildman–Crippen MR) is 47.9 cm³/mol. The zero-order valence-electron chi connectivity index (χ0n) is 5.74. The van der Waals surface area contributed by atoms with Crippen molar-refractivity contribution in [3.8, 4) is 5.75 Å². The van der Waals surface area contributed by atoms with Crippen molar-refractivity contribution < 1.29 is 5.11 Å². The highest BCUT2D eigenvalue weighted by molar-refractivity contribution is 7.17. The van der Waals surface area contributed by atoms with E-state index in [1.165, 1.54) is 11.3 Å². The third-order valence-electron chi connectivity index (χ3n) is 1.61. The summed E-state index contributed by atoms with van der Waals surface area (Å²) < 4.78 is 1.03. The second-order valence-electron chi connectivity index (χ2n) is 2.34. The van der Waals surface area contributed by atoms with Crippen molar-refractivity contribution in [1.29, 1.82) is 0 Å². The van der Waals surface area contributed by atoms with E-state index in [4.69, 9.17) is 5.73 Å². The van der Waals surface area contributed by atoms with E-state index in [-0.39, 0.29) is 5.75 Å². The van der Waals surface area contributed by atoms with E-state index in [9.17, 15) is 5.11 Å². The third kappa shape index (κ3) is 0.851. The van der Waals surface area contributed by atoms with Crippen LogP contribution < -0.4 is 5.73 Å². The molecule has 0 amide bonds. The maximum absolute atomic E-state index is 9.32. The van der Waals surface area contributed by atoms with Crippen molar-refractivity contribution in [1.82, 2.24) is 0 Å². The van der Waals surface area contributed by atoms with Crippen LogP contribution in [0.5, 0.6) is 5.75 Å². The number of hydrogen-bond acceptors (Lipinski definition) is 3. The van der Waals surface area contributed by atoms with Gasteiger partial charge in [0.1, 0.15) is 5.75 Å². The van der Waals surface area contributed by atoms with Gasteiger partial charge in [-0.2, -0.15) is 0 Å². The van der Waals surface area contributed by atoms with Gasteiger partial charge in [-0.05, 0) is 12.1 Å². The average Bonchev–Trinajstić information content (AvgIpc) is 2.34. The van der Waals surface area contributed by atoms with Gasteiger partial charge in [0, 0.05) is 15.8 Å². The SMILES string of the molecule is Nc1cccc2scc(O)c12. The first-order valence-corrected chi connectivity index (χ1v) is 4.11. The monoisotopic (exact) mass is 165 g/mol. The van der Waals surface area contributed by atoms with Crippen molar-refractivity contribution in [2.24, 2.45) is 0 Å². The molecular weight excluding hydrogens is 158 g/mol. The largest absolute Gasteiger partial charge is 0.506 e. The predicted octanol–water partition coefficient (Wildman–Crippen LogP) is 2.19. The molecule has 0 atom stereocenters. The van der Waals surface area contributed by atoms with Gasteiger partial charge in [0.25, 0.3) is 0 Å². The van der Waals surface area contributed by atoms with E-state index >= 15 is 0 Å². The van der Waals surface area contributed by atoms with E-state index in [0.717, 1.165) is 10.1 Å². The van der Waals surface area contributed by atoms with Gasteiger partial charge in [0.15, 0.2) is 0 Å². The minimum atomic E-state index is 0.281. The van der Waals surface area contributed by atoms with Crippen molar-refractivity contribution in [3.05, 3.63) is 23.6 Å². The standard InChI is InChI=1S/C8H7NOS/c9-5-2-1-3-7-8(5)6(10)4-11-7/h1-4,10H,9H2. The molecule has 2 nitrogen and oxygen atoms in total. The Balaban J connectivity index is 2.96. The molecule has 0 aliphatic heterocycles. The number of rotatable bonds is 0. The van der Waals surface area contributed by atoms with Crippen LogP contribution >= 0.6 is 11.3 Å². The highest BCUT2D eigenvalue weighted by Gasteiger charge is 2.03. The van der Waals surface area contributed by atoms with Crippen LogP contribution in [-0.4, -0.2) is 5.11 Å². The first-order valence-electron chi connectivity index (χ1n) is 3.23.